The quantitative estimate of drug-likeness (QED) is 0.0652. The van der Waals surface area contributed by atoms with Crippen molar-refractivity contribution in [1.29, 1.82) is 0 Å². The first-order chi connectivity index (χ1) is 33.3. The lowest BCUT2D eigenvalue weighted by atomic mass is 9.90. The summed E-state index contributed by atoms with van der Waals surface area (Å²) >= 11 is 0. The number of ether oxygens (including phenoxy) is 1. The Morgan fingerprint density at radius 2 is 1.08 bits per heavy atom. The van der Waals surface area contributed by atoms with Crippen molar-refractivity contribution in [2.24, 2.45) is 41.2 Å². The zero-order valence-corrected chi connectivity index (χ0v) is 47.2. The summed E-state index contributed by atoms with van der Waals surface area (Å²) in [5.41, 5.74) is 6.13. The van der Waals surface area contributed by atoms with Crippen LogP contribution in [0.1, 0.15) is 136 Å². The van der Waals surface area contributed by atoms with Gasteiger partial charge >= 0.3 is 5.97 Å². The van der Waals surface area contributed by atoms with Gasteiger partial charge in [-0.3, -0.25) is 43.2 Å². The Labute approximate surface area is 430 Å². The number of nitrogens with zero attached hydrogens (tertiary/aromatic N) is 5. The molecule has 0 aliphatic carbocycles. The molecule has 1 aliphatic heterocycles. The molecule has 0 saturated carbocycles. The number of esters is 1. The molecule has 1 fully saturated rings. The lowest BCUT2D eigenvalue weighted by Gasteiger charge is -2.50. The highest BCUT2D eigenvalue weighted by Crippen LogP contribution is 2.33. The molecule has 20 nitrogen and oxygen atoms in total. The largest absolute Gasteiger partial charge is 0.467 e. The van der Waals surface area contributed by atoms with Gasteiger partial charge in [0.2, 0.25) is 41.4 Å². The number of allylic oxidation sites excluding steroid dienone is 2. The third kappa shape index (κ3) is 17.5. The SMILES string of the molecule is C/C=C/C[C@@H](C)[C@H]1ON(C(=O)[C@H](C(C)C)N(C)C(=O)[C@H](CC(C)C)N(C)C(=O)[C@H](CC(C)C)N(C)C(=O)[C@@H](C)NC(=O)C(C)NC(=O)[C@H](CC(C)C)N(C)C(=O)[C@@H](N)C(C)C)[C@@H]1C(=O)N[C@@H](CC)C(=O)OC. The fraction of sp³-hybridized carbons (Fsp3) is 0.788. The van der Waals surface area contributed by atoms with E-state index in [1.165, 1.54) is 68.7 Å². The van der Waals surface area contributed by atoms with Gasteiger partial charge < -0.3 is 46.0 Å². The average Bonchev–Trinajstić information content (AvgIpc) is 3.29. The van der Waals surface area contributed by atoms with Crippen LogP contribution in [0.15, 0.2) is 12.2 Å². The molecule has 1 aliphatic rings. The minimum atomic E-state index is -1.15. The van der Waals surface area contributed by atoms with Gasteiger partial charge in [-0.05, 0) is 88.4 Å². The molecule has 11 atom stereocenters. The molecule has 8 amide bonds. The summed E-state index contributed by atoms with van der Waals surface area (Å²) in [4.78, 5) is 136. The molecule has 412 valence electrons. The maximum Gasteiger partial charge on any atom is 0.328 e. The van der Waals surface area contributed by atoms with Gasteiger partial charge in [-0.1, -0.05) is 95.2 Å². The van der Waals surface area contributed by atoms with Crippen molar-refractivity contribution >= 4 is 53.2 Å². The molecule has 1 heterocycles. The van der Waals surface area contributed by atoms with E-state index in [1.54, 1.807) is 20.8 Å². The molecule has 72 heavy (non-hydrogen) atoms. The van der Waals surface area contributed by atoms with Crippen molar-refractivity contribution in [3.05, 3.63) is 12.2 Å². The van der Waals surface area contributed by atoms with E-state index in [-0.39, 0.29) is 48.9 Å². The number of carbonyl (C=O) groups excluding carboxylic acids is 9. The number of methoxy groups -OCH3 is 1. The van der Waals surface area contributed by atoms with E-state index in [0.717, 1.165) is 5.06 Å². The lowest BCUT2D eigenvalue weighted by Crippen LogP contribution is -2.71. The molecule has 0 aromatic rings. The molecule has 0 aromatic heterocycles. The minimum Gasteiger partial charge on any atom is -0.467 e. The highest BCUT2D eigenvalue weighted by atomic mass is 16.7. The smallest absolute Gasteiger partial charge is 0.328 e. The van der Waals surface area contributed by atoms with Gasteiger partial charge in [0.25, 0.3) is 5.91 Å². The number of likely N-dealkylation sites (N-methyl/N-ethyl adjacent to an activating group) is 4. The maximum absolute atomic E-state index is 14.8. The Morgan fingerprint density at radius 1 is 0.625 bits per heavy atom. The van der Waals surface area contributed by atoms with E-state index in [4.69, 9.17) is 15.3 Å². The van der Waals surface area contributed by atoms with E-state index >= 15 is 0 Å². The molecule has 0 spiro atoms. The molecule has 1 unspecified atom stereocenters. The summed E-state index contributed by atoms with van der Waals surface area (Å²) < 4.78 is 4.88. The van der Waals surface area contributed by atoms with E-state index in [9.17, 15) is 43.2 Å². The second-order valence-electron chi connectivity index (χ2n) is 21.6. The summed E-state index contributed by atoms with van der Waals surface area (Å²) in [6.07, 6.45) is 4.57. The summed E-state index contributed by atoms with van der Waals surface area (Å²) in [5.74, 6) is -6.27. The van der Waals surface area contributed by atoms with Crippen LogP contribution in [-0.2, 0) is 52.7 Å². The maximum atomic E-state index is 14.8. The fourth-order valence-electron chi connectivity index (χ4n) is 8.73. The van der Waals surface area contributed by atoms with Crippen LogP contribution in [0.25, 0.3) is 0 Å². The zero-order chi connectivity index (χ0) is 55.8. The summed E-state index contributed by atoms with van der Waals surface area (Å²) in [6.45, 7) is 26.9. The standard InChI is InChI=1S/C52H93N9O11/c1-21-23-24-33(13)43-42(46(64)56-36(22-2)52(70)71-20)61(72-43)51(69)41(32(11)12)60(19)49(67)39(27-30(7)8)59(18)48(66)38(26-29(5)6)58(17)47(65)35(15)55-44(62)34(14)54-45(63)37(25-28(3)4)57(16)50(68)40(53)31(9)10/h21,23,28-43H,22,24-27,53H2,1-20H3,(H,54,63)(H,55,62)(H,56,64)/b23-21+/t33-,34?,35-,36+,37+,38+,39+,40+,41+,42+,43-/m1/s1. The van der Waals surface area contributed by atoms with Crippen LogP contribution in [0, 0.1) is 35.5 Å². The monoisotopic (exact) mass is 1020 g/mol. The first-order valence-electron chi connectivity index (χ1n) is 25.7. The average molecular weight is 1020 g/mol. The van der Waals surface area contributed by atoms with Crippen molar-refractivity contribution in [3.63, 3.8) is 0 Å². The van der Waals surface area contributed by atoms with Crippen LogP contribution in [-0.4, -0.2) is 174 Å². The summed E-state index contributed by atoms with van der Waals surface area (Å²) in [6, 6.07) is -9.41. The van der Waals surface area contributed by atoms with Gasteiger partial charge in [0.05, 0.1) is 13.2 Å². The van der Waals surface area contributed by atoms with Crippen molar-refractivity contribution in [2.75, 3.05) is 35.3 Å². The third-order valence-corrected chi connectivity index (χ3v) is 13.3. The van der Waals surface area contributed by atoms with Gasteiger partial charge in [-0.25, -0.2) is 9.86 Å². The topological polar surface area (TPSA) is 250 Å². The third-order valence-electron chi connectivity index (χ3n) is 13.3. The molecular weight excluding hydrogens is 927 g/mol. The zero-order valence-electron chi connectivity index (χ0n) is 47.2. The first kappa shape index (κ1) is 64.9. The van der Waals surface area contributed by atoms with Gasteiger partial charge in [-0.2, -0.15) is 0 Å². The highest BCUT2D eigenvalue weighted by molar-refractivity contribution is 5.98. The molecule has 20 heteroatoms. The Hall–Kier alpha value is -5.11. The molecule has 0 bridgehead atoms. The predicted molar refractivity (Wildman–Crippen MR) is 276 cm³/mol. The Morgan fingerprint density at radius 3 is 1.53 bits per heavy atom. The van der Waals surface area contributed by atoms with Crippen molar-refractivity contribution in [3.8, 4) is 0 Å². The summed E-state index contributed by atoms with van der Waals surface area (Å²) in [7, 11) is 7.15. The van der Waals surface area contributed by atoms with E-state index < -0.39 is 120 Å². The van der Waals surface area contributed by atoms with Crippen LogP contribution in [0.4, 0.5) is 0 Å². The van der Waals surface area contributed by atoms with Crippen molar-refractivity contribution in [2.45, 2.75) is 196 Å². The van der Waals surface area contributed by atoms with Crippen molar-refractivity contribution < 1.29 is 52.7 Å². The van der Waals surface area contributed by atoms with Gasteiger partial charge in [0.1, 0.15) is 48.4 Å². The number of hydrogen-bond acceptors (Lipinski definition) is 12. The van der Waals surface area contributed by atoms with Crippen LogP contribution in [0.3, 0.4) is 0 Å². The number of nitrogens with one attached hydrogen (secondary N) is 3. The van der Waals surface area contributed by atoms with Crippen LogP contribution < -0.4 is 21.7 Å². The Balaban J connectivity index is 3.48. The van der Waals surface area contributed by atoms with Gasteiger partial charge in [-0.15, -0.1) is 0 Å². The molecule has 1 saturated heterocycles. The van der Waals surface area contributed by atoms with E-state index in [1.807, 2.05) is 81.4 Å². The van der Waals surface area contributed by atoms with Gasteiger partial charge in [0, 0.05) is 28.2 Å². The van der Waals surface area contributed by atoms with Crippen LogP contribution in [0.5, 0.6) is 0 Å². The number of nitrogens with two attached hydrogens (primary N) is 1. The van der Waals surface area contributed by atoms with E-state index in [0.29, 0.717) is 12.8 Å². The minimum absolute atomic E-state index is 0.0242. The Bertz CT molecular complexity index is 1890. The predicted octanol–water partition coefficient (Wildman–Crippen LogP) is 3.26. The highest BCUT2D eigenvalue weighted by Gasteiger charge is 2.54. The van der Waals surface area contributed by atoms with Crippen LogP contribution >= 0.6 is 0 Å². The number of amides is 8. The van der Waals surface area contributed by atoms with Crippen molar-refractivity contribution in [1.82, 2.24) is 40.6 Å². The second-order valence-corrected chi connectivity index (χ2v) is 21.6. The number of rotatable bonds is 28. The van der Waals surface area contributed by atoms with Crippen LogP contribution in [0.2, 0.25) is 0 Å². The summed E-state index contributed by atoms with van der Waals surface area (Å²) in [5, 5.41) is 9.05. The molecule has 0 aromatic carbocycles. The molecular formula is C52H93N9O11. The van der Waals surface area contributed by atoms with E-state index in [2.05, 4.69) is 16.0 Å². The number of hydrogen-bond donors (Lipinski definition) is 4. The molecule has 1 rings (SSSR count). The Kier molecular flexibility index (Phi) is 26.6. The number of hydroxylamine groups is 2. The molecule has 0 radical (unpaired) electrons. The molecule has 5 N–H and O–H groups in total. The second kappa shape index (κ2) is 29.6. The fourth-order valence-corrected chi connectivity index (χ4v) is 8.73. The van der Waals surface area contributed by atoms with Gasteiger partial charge in [0.15, 0.2) is 6.04 Å². The number of carbonyl (C=O) groups is 9. The normalized spacial score (nSPS) is 18.6. The lowest BCUT2D eigenvalue weighted by molar-refractivity contribution is -0.321. The first-order valence-corrected chi connectivity index (χ1v) is 25.7.